The van der Waals surface area contributed by atoms with E-state index in [-0.39, 0.29) is 17.8 Å². The van der Waals surface area contributed by atoms with E-state index in [1.54, 1.807) is 18.1 Å². The van der Waals surface area contributed by atoms with Gasteiger partial charge in [0, 0.05) is 24.5 Å². The van der Waals surface area contributed by atoms with Crippen LogP contribution in [0, 0.1) is 5.82 Å². The molecule has 4 nitrogen and oxygen atoms in total. The lowest BCUT2D eigenvalue weighted by Gasteiger charge is -2.39. The lowest BCUT2D eigenvalue weighted by Crippen LogP contribution is -2.54. The molecular formula is C20H21ClFNO3. The summed E-state index contributed by atoms with van der Waals surface area (Å²) in [5, 5.41) is 0.358. The number of carbonyl (C=O) groups excluding carboxylic acids is 1. The van der Waals surface area contributed by atoms with Crippen molar-refractivity contribution in [3.63, 3.8) is 0 Å². The normalized spacial score (nSPS) is 14.2. The smallest absolute Gasteiger partial charge is 0.223 e. The molecule has 0 aliphatic carbocycles. The maximum atomic E-state index is 13.0. The molecule has 0 aromatic heterocycles. The SMILES string of the molecule is COc1ccc(CCC(=O)N2CC(OCc3ccc(F)cc3Cl)C2)cc1. The first kappa shape index (κ1) is 18.7. The quantitative estimate of drug-likeness (QED) is 0.735. The monoisotopic (exact) mass is 377 g/mol. The van der Waals surface area contributed by atoms with Crippen LogP contribution in [-0.4, -0.2) is 37.1 Å². The van der Waals surface area contributed by atoms with Crippen molar-refractivity contribution in [3.05, 3.63) is 64.4 Å². The van der Waals surface area contributed by atoms with Crippen molar-refractivity contribution >= 4 is 17.5 Å². The molecule has 26 heavy (non-hydrogen) atoms. The van der Waals surface area contributed by atoms with E-state index in [1.165, 1.54) is 12.1 Å². The molecule has 1 heterocycles. The number of hydrogen-bond donors (Lipinski definition) is 0. The van der Waals surface area contributed by atoms with Crippen molar-refractivity contribution in [2.24, 2.45) is 0 Å². The number of amides is 1. The minimum atomic E-state index is -0.365. The third-order valence-corrected chi connectivity index (χ3v) is 4.83. The Labute approximate surface area is 157 Å². The van der Waals surface area contributed by atoms with Crippen LogP contribution in [0.15, 0.2) is 42.5 Å². The Balaban J connectivity index is 1.38. The van der Waals surface area contributed by atoms with Crippen molar-refractivity contribution in [1.82, 2.24) is 4.90 Å². The number of benzene rings is 2. The molecule has 1 aliphatic rings. The summed E-state index contributed by atoms with van der Waals surface area (Å²) in [6.45, 7) is 1.48. The third-order valence-electron chi connectivity index (χ3n) is 4.48. The fourth-order valence-corrected chi connectivity index (χ4v) is 3.02. The highest BCUT2D eigenvalue weighted by molar-refractivity contribution is 6.31. The molecule has 0 saturated carbocycles. The van der Waals surface area contributed by atoms with Gasteiger partial charge in [0.25, 0.3) is 0 Å². The summed E-state index contributed by atoms with van der Waals surface area (Å²) in [4.78, 5) is 14.0. The van der Waals surface area contributed by atoms with Gasteiger partial charge in [-0.2, -0.15) is 0 Å². The summed E-state index contributed by atoms with van der Waals surface area (Å²) < 4.78 is 23.9. The number of likely N-dealkylation sites (tertiary alicyclic amines) is 1. The number of methoxy groups -OCH3 is 1. The molecule has 2 aromatic carbocycles. The molecule has 0 spiro atoms. The zero-order valence-electron chi connectivity index (χ0n) is 14.6. The van der Waals surface area contributed by atoms with E-state index in [0.717, 1.165) is 16.9 Å². The summed E-state index contributed by atoms with van der Waals surface area (Å²) in [5.41, 5.74) is 1.86. The molecule has 0 atom stereocenters. The van der Waals surface area contributed by atoms with Gasteiger partial charge in [-0.1, -0.05) is 29.8 Å². The van der Waals surface area contributed by atoms with Crippen LogP contribution >= 0.6 is 11.6 Å². The van der Waals surface area contributed by atoms with Crippen LogP contribution in [0.4, 0.5) is 4.39 Å². The highest BCUT2D eigenvalue weighted by Crippen LogP contribution is 2.21. The highest BCUT2D eigenvalue weighted by Gasteiger charge is 2.30. The van der Waals surface area contributed by atoms with Crippen molar-refractivity contribution in [3.8, 4) is 5.75 Å². The van der Waals surface area contributed by atoms with Crippen LogP contribution in [0.1, 0.15) is 17.5 Å². The molecular weight excluding hydrogens is 357 g/mol. The number of nitrogens with zero attached hydrogens (tertiary/aromatic N) is 1. The minimum Gasteiger partial charge on any atom is -0.497 e. The summed E-state index contributed by atoms with van der Waals surface area (Å²) in [6, 6.07) is 12.0. The average Bonchev–Trinajstić information content (AvgIpc) is 2.60. The summed E-state index contributed by atoms with van der Waals surface area (Å²) >= 11 is 5.98. The van der Waals surface area contributed by atoms with Gasteiger partial charge in [0.1, 0.15) is 11.6 Å². The van der Waals surface area contributed by atoms with Crippen molar-refractivity contribution in [1.29, 1.82) is 0 Å². The van der Waals surface area contributed by atoms with Gasteiger partial charge in [-0.3, -0.25) is 4.79 Å². The summed E-state index contributed by atoms with van der Waals surface area (Å²) in [6.07, 6.45) is 1.18. The van der Waals surface area contributed by atoms with Crippen LogP contribution in [0.2, 0.25) is 5.02 Å². The van der Waals surface area contributed by atoms with Gasteiger partial charge >= 0.3 is 0 Å². The standard InChI is InChI=1S/C20H21ClFNO3/c1-25-17-7-2-14(3-8-17)4-9-20(24)23-11-18(12-23)26-13-15-5-6-16(22)10-19(15)21/h2-3,5-8,10,18H,4,9,11-13H2,1H3. The van der Waals surface area contributed by atoms with E-state index in [0.29, 0.717) is 37.6 Å². The molecule has 0 bridgehead atoms. The number of ether oxygens (including phenoxy) is 2. The second kappa shape index (κ2) is 8.52. The van der Waals surface area contributed by atoms with Crippen LogP contribution in [0.25, 0.3) is 0 Å². The lowest BCUT2D eigenvalue weighted by atomic mass is 10.1. The maximum absolute atomic E-state index is 13.0. The largest absolute Gasteiger partial charge is 0.497 e. The van der Waals surface area contributed by atoms with E-state index < -0.39 is 0 Å². The molecule has 1 aliphatic heterocycles. The number of hydrogen-bond acceptors (Lipinski definition) is 3. The van der Waals surface area contributed by atoms with Gasteiger partial charge < -0.3 is 14.4 Å². The number of aryl methyl sites for hydroxylation is 1. The molecule has 6 heteroatoms. The third kappa shape index (κ3) is 4.74. The van der Waals surface area contributed by atoms with Gasteiger partial charge in [0.15, 0.2) is 0 Å². The molecule has 2 aromatic rings. The lowest BCUT2D eigenvalue weighted by molar-refractivity contribution is -0.145. The molecule has 1 fully saturated rings. The molecule has 1 amide bonds. The predicted molar refractivity (Wildman–Crippen MR) is 97.9 cm³/mol. The summed E-state index contributed by atoms with van der Waals surface area (Å²) in [5.74, 6) is 0.570. The first-order valence-corrected chi connectivity index (χ1v) is 8.89. The Morgan fingerprint density at radius 2 is 1.96 bits per heavy atom. The second-order valence-electron chi connectivity index (χ2n) is 6.32. The Bertz CT molecular complexity index is 760. The Kier molecular flexibility index (Phi) is 6.12. The first-order valence-electron chi connectivity index (χ1n) is 8.51. The van der Waals surface area contributed by atoms with Gasteiger partial charge in [0.2, 0.25) is 5.91 Å². The minimum absolute atomic E-state index is 0.000978. The van der Waals surface area contributed by atoms with Crippen LogP contribution in [0.3, 0.4) is 0 Å². The Hall–Kier alpha value is -2.11. The van der Waals surface area contributed by atoms with Gasteiger partial charge in [-0.25, -0.2) is 4.39 Å². The zero-order valence-corrected chi connectivity index (χ0v) is 15.3. The van der Waals surface area contributed by atoms with Crippen molar-refractivity contribution in [2.75, 3.05) is 20.2 Å². The van der Waals surface area contributed by atoms with E-state index in [4.69, 9.17) is 21.1 Å². The molecule has 138 valence electrons. The highest BCUT2D eigenvalue weighted by atomic mass is 35.5. The summed E-state index contributed by atoms with van der Waals surface area (Å²) in [7, 11) is 1.63. The van der Waals surface area contributed by atoms with E-state index in [2.05, 4.69) is 0 Å². The van der Waals surface area contributed by atoms with Crippen molar-refractivity contribution in [2.45, 2.75) is 25.6 Å². The fraction of sp³-hybridized carbons (Fsp3) is 0.350. The first-order chi connectivity index (χ1) is 12.5. The topological polar surface area (TPSA) is 38.8 Å². The van der Waals surface area contributed by atoms with E-state index in [1.807, 2.05) is 24.3 Å². The molecule has 3 rings (SSSR count). The van der Waals surface area contributed by atoms with Crippen molar-refractivity contribution < 1.29 is 18.7 Å². The molecule has 0 N–H and O–H groups in total. The Morgan fingerprint density at radius 1 is 1.23 bits per heavy atom. The second-order valence-corrected chi connectivity index (χ2v) is 6.72. The van der Waals surface area contributed by atoms with Gasteiger partial charge in [-0.15, -0.1) is 0 Å². The van der Waals surface area contributed by atoms with Gasteiger partial charge in [-0.05, 0) is 41.8 Å². The van der Waals surface area contributed by atoms with Gasteiger partial charge in [0.05, 0.1) is 19.8 Å². The van der Waals surface area contributed by atoms with E-state index in [9.17, 15) is 9.18 Å². The molecule has 0 radical (unpaired) electrons. The number of rotatable bonds is 7. The molecule has 0 unspecified atom stereocenters. The van der Waals surface area contributed by atoms with E-state index >= 15 is 0 Å². The van der Waals surface area contributed by atoms with Crippen LogP contribution in [0.5, 0.6) is 5.75 Å². The fourth-order valence-electron chi connectivity index (χ4n) is 2.80. The van der Waals surface area contributed by atoms with Crippen LogP contribution in [-0.2, 0) is 22.6 Å². The maximum Gasteiger partial charge on any atom is 0.223 e. The predicted octanol–water partition coefficient (Wildman–Crippen LogP) is 3.85. The average molecular weight is 378 g/mol. The molecule has 1 saturated heterocycles. The van der Waals surface area contributed by atoms with Crippen LogP contribution < -0.4 is 4.74 Å². The number of carbonyl (C=O) groups is 1. The zero-order chi connectivity index (χ0) is 18.5. The number of halogens is 2. The Morgan fingerprint density at radius 3 is 2.62 bits per heavy atom.